The Balaban J connectivity index is 1.60. The third-order valence-corrected chi connectivity index (χ3v) is 7.65. The average molecular weight is 669 g/mol. The van der Waals surface area contributed by atoms with E-state index in [2.05, 4.69) is 15.0 Å². The fourth-order valence-corrected chi connectivity index (χ4v) is 5.68. The van der Waals surface area contributed by atoms with Crippen molar-refractivity contribution in [2.75, 3.05) is 0 Å². The fourth-order valence-electron chi connectivity index (χ4n) is 5.68. The van der Waals surface area contributed by atoms with Crippen LogP contribution < -0.4 is 0 Å². The molecule has 0 aliphatic rings. The molecule has 10 rings (SSSR count). The van der Waals surface area contributed by atoms with Crippen molar-refractivity contribution >= 4 is 43.6 Å². The maximum absolute atomic E-state index is 9.71. The van der Waals surface area contributed by atoms with Crippen LogP contribution in [0, 0.1) is 0 Å². The number of para-hydroxylation sites is 3. The maximum atomic E-state index is 9.71. The van der Waals surface area contributed by atoms with Gasteiger partial charge in [-0.15, -0.1) is 0 Å². The van der Waals surface area contributed by atoms with E-state index in [0.717, 1.165) is 9.13 Å². The van der Waals surface area contributed by atoms with Crippen molar-refractivity contribution in [3.05, 3.63) is 175 Å². The summed E-state index contributed by atoms with van der Waals surface area (Å²) < 4.78 is 261. The second-order valence-corrected chi connectivity index (χ2v) is 10.3. The topological polar surface area (TPSA) is 48.5 Å². The second-order valence-electron chi connectivity index (χ2n) is 10.3. The molecule has 0 N–H and O–H groups in total. The molecule has 0 fully saturated rings. The monoisotopic (exact) mass is 668 g/mol. The molecule has 0 bridgehead atoms. The summed E-state index contributed by atoms with van der Waals surface area (Å²) in [6.45, 7) is 0. The summed E-state index contributed by atoms with van der Waals surface area (Å²) in [5, 5.41) is -2.60. The molecule has 5 heteroatoms. The summed E-state index contributed by atoms with van der Waals surface area (Å²) in [5.74, 6) is -2.78. The van der Waals surface area contributed by atoms with E-state index < -0.39 is 264 Å². The molecule has 0 amide bonds. The molecule has 234 valence electrons. The highest BCUT2D eigenvalue weighted by Crippen LogP contribution is 2.43. The first-order chi connectivity index (χ1) is 36.9. The minimum atomic E-state index is -1.11. The lowest BCUT2D eigenvalue weighted by Crippen LogP contribution is -2.07. The lowest BCUT2D eigenvalue weighted by atomic mass is 10.0. The summed E-state index contributed by atoms with van der Waals surface area (Å²) >= 11 is 0. The molecule has 10 aromatic rings. The first-order valence-corrected chi connectivity index (χ1v) is 14.4. The molecule has 7 aromatic carbocycles. The van der Waals surface area contributed by atoms with Crippen molar-refractivity contribution in [2.45, 2.75) is 0 Å². The minimum Gasteiger partial charge on any atom is -0.307 e. The standard InChI is InChI=1S/C45H29N5/c1-4-16-30(17-5-1)33-22-10-13-25-38(33)49-39-26-14-11-23-34(39)36-28-29-37-35-24-12-15-27-40(35)50(42(37)41(36)49)45-47-43(31-18-6-2-7-19-31)46-44(48-45)32-20-8-3-9-21-32/h1-29H/i1D,2D,3D,4D,5D,6D,7D,8D,9D,10D,11D,12D,13D,14D,15D,16D,17D,18D,19D,20D,21D,22D,23D,24D,25D,26D,27D,28D,29D. The SMILES string of the molecule is [2H]c1c([2H])c([2H])c(-c2nc(-c3c([2H])c([2H])c([2H])c([2H])c3[2H])nc(-n3c4c([2H])c([2H])c([2H])c([2H])c4c4c([2H])c([2H])c5c6c([2H])c([2H])c([2H])c([2H])c6n(-c6c([2H])c([2H])c([2H])c([2H])c6-c6c([2H])c([2H])c([2H])c([2H])c6[2H])c5c43)n2)c([2H])c1[2H]. The van der Waals surface area contributed by atoms with E-state index in [1.807, 2.05) is 0 Å². The van der Waals surface area contributed by atoms with Crippen LogP contribution in [0.3, 0.4) is 0 Å². The van der Waals surface area contributed by atoms with E-state index in [-0.39, 0.29) is 0 Å². The summed E-state index contributed by atoms with van der Waals surface area (Å²) in [7, 11) is 0. The number of hydrogen-bond acceptors (Lipinski definition) is 3. The van der Waals surface area contributed by atoms with Crippen LogP contribution in [0.5, 0.6) is 0 Å². The molecule has 0 aliphatic heterocycles. The lowest BCUT2D eigenvalue weighted by molar-refractivity contribution is 0.953. The molecular weight excluding hydrogens is 611 g/mol. The summed E-state index contributed by atoms with van der Waals surface area (Å²) in [6.07, 6.45) is 0. The van der Waals surface area contributed by atoms with Crippen LogP contribution in [0.25, 0.3) is 89.2 Å². The molecule has 0 saturated heterocycles. The average Bonchev–Trinajstić information content (AvgIpc) is 3.12. The highest BCUT2D eigenvalue weighted by atomic mass is 15.2. The van der Waals surface area contributed by atoms with Gasteiger partial charge in [-0.25, -0.2) is 4.98 Å². The second kappa shape index (κ2) is 11.4. The van der Waals surface area contributed by atoms with Gasteiger partial charge in [-0.3, -0.25) is 4.57 Å². The van der Waals surface area contributed by atoms with E-state index in [1.54, 1.807) is 0 Å². The number of fused-ring (bicyclic) bond motifs is 7. The predicted molar refractivity (Wildman–Crippen MR) is 205 cm³/mol. The molecule has 50 heavy (non-hydrogen) atoms. The zero-order valence-corrected chi connectivity index (χ0v) is 24.7. The van der Waals surface area contributed by atoms with E-state index >= 15 is 0 Å². The Kier molecular flexibility index (Phi) is 2.65. The Morgan fingerprint density at radius 1 is 0.360 bits per heavy atom. The molecule has 0 aliphatic carbocycles. The molecule has 0 atom stereocenters. The van der Waals surface area contributed by atoms with Gasteiger partial charge >= 0.3 is 0 Å². The third-order valence-electron chi connectivity index (χ3n) is 7.65. The van der Waals surface area contributed by atoms with Crippen molar-refractivity contribution in [1.82, 2.24) is 24.1 Å². The molecule has 5 nitrogen and oxygen atoms in total. The van der Waals surface area contributed by atoms with Crippen LogP contribution in [-0.4, -0.2) is 24.1 Å². The first-order valence-electron chi connectivity index (χ1n) is 28.9. The Morgan fingerprint density at radius 3 is 1.38 bits per heavy atom. The zero-order valence-electron chi connectivity index (χ0n) is 53.7. The van der Waals surface area contributed by atoms with Crippen molar-refractivity contribution in [3.8, 4) is 45.5 Å². The van der Waals surface area contributed by atoms with Gasteiger partial charge in [-0.2, -0.15) is 9.97 Å². The lowest BCUT2D eigenvalue weighted by Gasteiger charge is -2.16. The van der Waals surface area contributed by atoms with Crippen LogP contribution in [0.1, 0.15) is 39.8 Å². The van der Waals surface area contributed by atoms with Gasteiger partial charge in [-0.05, 0) is 23.7 Å². The number of rotatable bonds is 5. The molecule has 0 radical (unpaired) electrons. The highest BCUT2D eigenvalue weighted by molar-refractivity contribution is 6.23. The zero-order chi connectivity index (χ0) is 58.3. The molecule has 0 unspecified atom stereocenters. The largest absolute Gasteiger partial charge is 0.307 e. The molecule has 3 aromatic heterocycles. The van der Waals surface area contributed by atoms with Gasteiger partial charge in [0.25, 0.3) is 0 Å². The molecule has 3 heterocycles. The summed E-state index contributed by atoms with van der Waals surface area (Å²) in [6, 6.07) is -28.2. The van der Waals surface area contributed by atoms with E-state index in [0.29, 0.717) is 0 Å². The first kappa shape index (κ1) is 11.6. The van der Waals surface area contributed by atoms with Crippen LogP contribution >= 0.6 is 0 Å². The summed E-state index contributed by atoms with van der Waals surface area (Å²) in [4.78, 5) is 13.3. The number of benzene rings is 7. The Hall–Kier alpha value is -6.85. The van der Waals surface area contributed by atoms with Crippen LogP contribution in [0.2, 0.25) is 0 Å². The fraction of sp³-hybridized carbons (Fsp3) is 0. The van der Waals surface area contributed by atoms with Gasteiger partial charge in [0, 0.05) is 38.2 Å². The minimum absolute atomic E-state index is 0.632. The Morgan fingerprint density at radius 2 is 0.800 bits per heavy atom. The third kappa shape index (κ3) is 4.37. The predicted octanol–water partition coefficient (Wildman–Crippen LogP) is 11.1. The van der Waals surface area contributed by atoms with Gasteiger partial charge in [-0.1, -0.05) is 157 Å². The van der Waals surface area contributed by atoms with E-state index in [9.17, 15) is 11.0 Å². The van der Waals surface area contributed by atoms with Crippen molar-refractivity contribution in [1.29, 1.82) is 0 Å². The number of hydrogen-bond donors (Lipinski definition) is 0. The number of aromatic nitrogens is 5. The Bertz CT molecular complexity index is 4370. The molecule has 0 spiro atoms. The van der Waals surface area contributed by atoms with Crippen LogP contribution in [0.4, 0.5) is 0 Å². The van der Waals surface area contributed by atoms with E-state index in [4.69, 9.17) is 28.8 Å². The van der Waals surface area contributed by atoms with Crippen LogP contribution in [0.15, 0.2) is 175 Å². The quantitative estimate of drug-likeness (QED) is 0.183. The van der Waals surface area contributed by atoms with Gasteiger partial charge in [0.2, 0.25) is 5.95 Å². The number of nitrogens with zero attached hydrogens (tertiary/aromatic N) is 5. The summed E-state index contributed by atoms with van der Waals surface area (Å²) in [5.41, 5.74) is -7.17. The van der Waals surface area contributed by atoms with Gasteiger partial charge in [0.1, 0.15) is 0 Å². The van der Waals surface area contributed by atoms with Crippen LogP contribution in [-0.2, 0) is 0 Å². The van der Waals surface area contributed by atoms with E-state index in [1.165, 1.54) is 0 Å². The van der Waals surface area contributed by atoms with Gasteiger partial charge in [0.05, 0.1) is 67.5 Å². The maximum Gasteiger partial charge on any atom is 0.238 e. The Labute approximate surface area is 329 Å². The van der Waals surface area contributed by atoms with Crippen molar-refractivity contribution in [3.63, 3.8) is 0 Å². The highest BCUT2D eigenvalue weighted by Gasteiger charge is 2.24. The van der Waals surface area contributed by atoms with Crippen molar-refractivity contribution in [2.24, 2.45) is 0 Å². The van der Waals surface area contributed by atoms with Gasteiger partial charge < -0.3 is 4.57 Å². The molecule has 0 saturated carbocycles. The molecular formula is C45H29N5. The normalized spacial score (nSPS) is 19.7. The smallest absolute Gasteiger partial charge is 0.238 e. The van der Waals surface area contributed by atoms with Gasteiger partial charge in [0.15, 0.2) is 11.6 Å². The van der Waals surface area contributed by atoms with Crippen molar-refractivity contribution < 1.29 is 39.8 Å².